The molecule has 0 heterocycles. The Morgan fingerprint density at radius 1 is 1.00 bits per heavy atom. The fourth-order valence-electron chi connectivity index (χ4n) is 2.07. The maximum atomic E-state index is 8.82. The van der Waals surface area contributed by atoms with Gasteiger partial charge in [-0.15, -0.1) is 0 Å². The quantitative estimate of drug-likeness (QED) is 0.799. The molecule has 0 N–H and O–H groups in total. The Kier molecular flexibility index (Phi) is 4.79. The molecule has 0 saturated carbocycles. The first-order valence-corrected chi connectivity index (χ1v) is 6.87. The SMILES string of the molecule is CC(C)c1ccc(OCc2ccccc2CC#N)cc1. The van der Waals surface area contributed by atoms with E-state index in [0.717, 1.165) is 16.9 Å². The minimum atomic E-state index is 0.422. The van der Waals surface area contributed by atoms with E-state index < -0.39 is 0 Å². The van der Waals surface area contributed by atoms with Crippen LogP contribution < -0.4 is 4.74 Å². The fourth-order valence-corrected chi connectivity index (χ4v) is 2.07. The second kappa shape index (κ2) is 6.77. The van der Waals surface area contributed by atoms with Gasteiger partial charge in [-0.2, -0.15) is 5.26 Å². The van der Waals surface area contributed by atoms with Crippen LogP contribution in [0.1, 0.15) is 36.5 Å². The van der Waals surface area contributed by atoms with Crippen molar-refractivity contribution in [1.82, 2.24) is 0 Å². The first-order chi connectivity index (χ1) is 9.70. The monoisotopic (exact) mass is 265 g/mol. The average molecular weight is 265 g/mol. The summed E-state index contributed by atoms with van der Waals surface area (Å²) in [5.41, 5.74) is 3.41. The van der Waals surface area contributed by atoms with Crippen LogP contribution in [-0.4, -0.2) is 0 Å². The second-order valence-electron chi connectivity index (χ2n) is 5.12. The Bertz CT molecular complexity index is 594. The second-order valence-corrected chi connectivity index (χ2v) is 5.12. The van der Waals surface area contributed by atoms with Crippen LogP contribution in [0, 0.1) is 11.3 Å². The molecular weight excluding hydrogens is 246 g/mol. The van der Waals surface area contributed by atoms with Gasteiger partial charge in [-0.1, -0.05) is 50.2 Å². The Balaban J connectivity index is 2.03. The maximum absolute atomic E-state index is 8.82. The third-order valence-corrected chi connectivity index (χ3v) is 3.33. The van der Waals surface area contributed by atoms with Crippen molar-refractivity contribution in [1.29, 1.82) is 5.26 Å². The molecule has 20 heavy (non-hydrogen) atoms. The molecule has 0 spiro atoms. The number of benzene rings is 2. The van der Waals surface area contributed by atoms with E-state index in [0.29, 0.717) is 18.9 Å². The summed E-state index contributed by atoms with van der Waals surface area (Å²) in [6.07, 6.45) is 0.422. The van der Waals surface area contributed by atoms with Crippen molar-refractivity contribution in [2.24, 2.45) is 0 Å². The molecule has 0 aromatic heterocycles. The molecule has 0 unspecified atom stereocenters. The Morgan fingerprint density at radius 2 is 1.65 bits per heavy atom. The van der Waals surface area contributed by atoms with Crippen LogP contribution in [0.25, 0.3) is 0 Å². The fraction of sp³-hybridized carbons (Fsp3) is 0.278. The summed E-state index contributed by atoms with van der Waals surface area (Å²) < 4.78 is 5.80. The molecule has 0 aliphatic carbocycles. The summed E-state index contributed by atoms with van der Waals surface area (Å²) in [4.78, 5) is 0. The van der Waals surface area contributed by atoms with E-state index in [1.54, 1.807) is 0 Å². The van der Waals surface area contributed by atoms with Gasteiger partial charge in [0, 0.05) is 0 Å². The Labute approximate surface area is 120 Å². The van der Waals surface area contributed by atoms with Gasteiger partial charge in [-0.05, 0) is 34.7 Å². The lowest BCUT2D eigenvalue weighted by atomic mass is 10.0. The van der Waals surface area contributed by atoms with Gasteiger partial charge in [0.1, 0.15) is 12.4 Å². The van der Waals surface area contributed by atoms with E-state index in [2.05, 4.69) is 32.0 Å². The molecule has 0 aliphatic heterocycles. The highest BCUT2D eigenvalue weighted by atomic mass is 16.5. The summed E-state index contributed by atoms with van der Waals surface area (Å²) >= 11 is 0. The molecule has 2 rings (SSSR count). The highest BCUT2D eigenvalue weighted by molar-refractivity contribution is 5.31. The third-order valence-electron chi connectivity index (χ3n) is 3.33. The van der Waals surface area contributed by atoms with Crippen molar-refractivity contribution in [3.63, 3.8) is 0 Å². The van der Waals surface area contributed by atoms with Crippen LogP contribution in [0.2, 0.25) is 0 Å². The van der Waals surface area contributed by atoms with Crippen LogP contribution in [-0.2, 0) is 13.0 Å². The van der Waals surface area contributed by atoms with Crippen molar-refractivity contribution < 1.29 is 4.74 Å². The van der Waals surface area contributed by atoms with E-state index in [9.17, 15) is 0 Å². The molecule has 0 radical (unpaired) electrons. The normalized spacial score (nSPS) is 10.3. The van der Waals surface area contributed by atoms with Crippen molar-refractivity contribution in [2.75, 3.05) is 0 Å². The molecule has 2 nitrogen and oxygen atoms in total. The number of nitriles is 1. The number of hydrogen-bond donors (Lipinski definition) is 0. The molecule has 0 bridgehead atoms. The summed E-state index contributed by atoms with van der Waals surface area (Å²) in [6, 6.07) is 18.3. The first-order valence-electron chi connectivity index (χ1n) is 6.87. The summed E-state index contributed by atoms with van der Waals surface area (Å²) in [5.74, 6) is 1.39. The molecule has 2 heteroatoms. The molecule has 2 aromatic carbocycles. The smallest absolute Gasteiger partial charge is 0.119 e. The lowest BCUT2D eigenvalue weighted by molar-refractivity contribution is 0.305. The summed E-state index contributed by atoms with van der Waals surface area (Å²) in [5, 5.41) is 8.82. The molecule has 0 atom stereocenters. The number of hydrogen-bond acceptors (Lipinski definition) is 2. The minimum Gasteiger partial charge on any atom is -0.489 e. The maximum Gasteiger partial charge on any atom is 0.119 e. The van der Waals surface area contributed by atoms with Crippen LogP contribution >= 0.6 is 0 Å². The predicted molar refractivity (Wildman–Crippen MR) is 80.6 cm³/mol. The Hall–Kier alpha value is -2.27. The van der Waals surface area contributed by atoms with Crippen LogP contribution in [0.5, 0.6) is 5.75 Å². The first kappa shape index (κ1) is 14.1. The standard InChI is InChI=1S/C18H19NO/c1-14(2)15-7-9-18(10-8-15)20-13-17-6-4-3-5-16(17)11-12-19/h3-10,14H,11,13H2,1-2H3. The minimum absolute atomic E-state index is 0.422. The highest BCUT2D eigenvalue weighted by Gasteiger charge is 2.03. The van der Waals surface area contributed by atoms with E-state index in [1.165, 1.54) is 5.56 Å². The molecule has 2 aromatic rings. The van der Waals surface area contributed by atoms with E-state index in [1.807, 2.05) is 36.4 Å². The van der Waals surface area contributed by atoms with Crippen molar-refractivity contribution in [3.05, 3.63) is 65.2 Å². The zero-order valence-electron chi connectivity index (χ0n) is 12.0. The van der Waals surface area contributed by atoms with Crippen LogP contribution in [0.3, 0.4) is 0 Å². The van der Waals surface area contributed by atoms with Gasteiger partial charge in [0.2, 0.25) is 0 Å². The molecule has 0 fully saturated rings. The lowest BCUT2D eigenvalue weighted by Gasteiger charge is -2.11. The van der Waals surface area contributed by atoms with Gasteiger partial charge >= 0.3 is 0 Å². The molecule has 0 amide bonds. The van der Waals surface area contributed by atoms with Gasteiger partial charge in [0.15, 0.2) is 0 Å². The van der Waals surface area contributed by atoms with Crippen molar-refractivity contribution in [3.8, 4) is 11.8 Å². The van der Waals surface area contributed by atoms with E-state index in [4.69, 9.17) is 10.00 Å². The number of rotatable bonds is 5. The van der Waals surface area contributed by atoms with Crippen molar-refractivity contribution in [2.45, 2.75) is 32.8 Å². The number of nitrogens with zero attached hydrogens (tertiary/aromatic N) is 1. The van der Waals surface area contributed by atoms with Crippen molar-refractivity contribution >= 4 is 0 Å². The topological polar surface area (TPSA) is 33.0 Å². The largest absolute Gasteiger partial charge is 0.489 e. The molecule has 0 aliphatic rings. The zero-order chi connectivity index (χ0) is 14.4. The van der Waals surface area contributed by atoms with Gasteiger partial charge in [-0.3, -0.25) is 0 Å². The highest BCUT2D eigenvalue weighted by Crippen LogP contribution is 2.20. The average Bonchev–Trinajstić information content (AvgIpc) is 2.47. The lowest BCUT2D eigenvalue weighted by Crippen LogP contribution is -2.00. The van der Waals surface area contributed by atoms with E-state index >= 15 is 0 Å². The van der Waals surface area contributed by atoms with E-state index in [-0.39, 0.29) is 0 Å². The Morgan fingerprint density at radius 3 is 2.25 bits per heavy atom. The summed E-state index contributed by atoms with van der Waals surface area (Å²) in [7, 11) is 0. The predicted octanol–water partition coefficient (Wildman–Crippen LogP) is 4.46. The van der Waals surface area contributed by atoms with Crippen LogP contribution in [0.15, 0.2) is 48.5 Å². The van der Waals surface area contributed by atoms with Gasteiger partial charge < -0.3 is 4.74 Å². The van der Waals surface area contributed by atoms with Gasteiger partial charge in [0.05, 0.1) is 12.5 Å². The van der Waals surface area contributed by atoms with Gasteiger partial charge in [0.25, 0.3) is 0 Å². The zero-order valence-corrected chi connectivity index (χ0v) is 12.0. The van der Waals surface area contributed by atoms with Gasteiger partial charge in [-0.25, -0.2) is 0 Å². The number of ether oxygens (including phenoxy) is 1. The summed E-state index contributed by atoms with van der Waals surface area (Å²) in [6.45, 7) is 4.85. The molecule has 102 valence electrons. The molecule has 0 saturated heterocycles. The molecular formula is C18H19NO. The van der Waals surface area contributed by atoms with Crippen LogP contribution in [0.4, 0.5) is 0 Å². The third kappa shape index (κ3) is 3.61.